The fourth-order valence-corrected chi connectivity index (χ4v) is 6.15. The summed E-state index contributed by atoms with van der Waals surface area (Å²) >= 11 is 0. The molecule has 1 aliphatic carbocycles. The highest BCUT2D eigenvalue weighted by Gasteiger charge is 2.43. The van der Waals surface area contributed by atoms with Crippen LogP contribution in [-0.2, 0) is 6.18 Å². The van der Waals surface area contributed by atoms with Crippen molar-refractivity contribution in [1.82, 2.24) is 10.2 Å². The molecule has 5 rings (SSSR count). The average molecular weight is 472 g/mol. The Hall–Kier alpha value is -2.54. The van der Waals surface area contributed by atoms with Crippen LogP contribution in [0.25, 0.3) is 0 Å². The molecule has 0 radical (unpaired) electrons. The van der Waals surface area contributed by atoms with Crippen LogP contribution in [0.1, 0.15) is 73.7 Å². The molecule has 1 saturated carbocycles. The molecule has 2 unspecified atom stereocenters. The van der Waals surface area contributed by atoms with Gasteiger partial charge in [-0.3, -0.25) is 9.80 Å². The lowest BCUT2D eigenvalue weighted by Crippen LogP contribution is -2.44. The molecule has 2 aromatic rings. The van der Waals surface area contributed by atoms with E-state index in [1.807, 2.05) is 0 Å². The number of hydrogen-bond donors (Lipinski definition) is 1. The van der Waals surface area contributed by atoms with E-state index in [0.29, 0.717) is 23.7 Å². The van der Waals surface area contributed by atoms with Gasteiger partial charge < -0.3 is 5.32 Å². The van der Waals surface area contributed by atoms with Gasteiger partial charge in [-0.05, 0) is 92.8 Å². The Morgan fingerprint density at radius 3 is 2.09 bits per heavy atom. The fraction of sp³-hybridized carbons (Fsp3) is 0.519. The summed E-state index contributed by atoms with van der Waals surface area (Å²) in [7, 11) is 1.59. The quantitative estimate of drug-likeness (QED) is 0.527. The number of urea groups is 1. The Kier molecular flexibility index (Phi) is 6.32. The zero-order valence-corrected chi connectivity index (χ0v) is 19.5. The third-order valence-corrected chi connectivity index (χ3v) is 8.08. The Morgan fingerprint density at radius 2 is 1.53 bits per heavy atom. The van der Waals surface area contributed by atoms with E-state index >= 15 is 0 Å². The van der Waals surface area contributed by atoms with E-state index in [0.717, 1.165) is 44.4 Å². The summed E-state index contributed by atoms with van der Waals surface area (Å²) in [6, 6.07) is 14.6. The highest BCUT2D eigenvalue weighted by Crippen LogP contribution is 2.53. The number of hydrogen-bond acceptors (Lipinski definition) is 2. The van der Waals surface area contributed by atoms with Gasteiger partial charge in [0.15, 0.2) is 0 Å². The van der Waals surface area contributed by atoms with Gasteiger partial charge in [0.1, 0.15) is 0 Å². The molecule has 2 amide bonds. The highest BCUT2D eigenvalue weighted by molar-refractivity contribution is 5.91. The van der Waals surface area contributed by atoms with Crippen LogP contribution in [0.3, 0.4) is 0 Å². The van der Waals surface area contributed by atoms with Crippen molar-refractivity contribution >= 4 is 11.7 Å². The summed E-state index contributed by atoms with van der Waals surface area (Å²) in [5.41, 5.74) is 2.79. The minimum Gasteiger partial charge on any atom is -0.335 e. The number of fused-ring (bicyclic) bond motifs is 5. The summed E-state index contributed by atoms with van der Waals surface area (Å²) in [5.74, 6) is 0.684. The zero-order chi connectivity index (χ0) is 23.9. The van der Waals surface area contributed by atoms with Crippen molar-refractivity contribution in [3.8, 4) is 0 Å². The van der Waals surface area contributed by atoms with E-state index in [2.05, 4.69) is 34.5 Å². The maximum absolute atomic E-state index is 12.8. The van der Waals surface area contributed by atoms with Crippen LogP contribution < -0.4 is 10.2 Å². The van der Waals surface area contributed by atoms with E-state index in [1.165, 1.54) is 47.4 Å². The van der Waals surface area contributed by atoms with Crippen molar-refractivity contribution in [2.45, 2.75) is 69.2 Å². The number of halogens is 3. The number of carbonyl (C=O) groups excluding carboxylic acids is 1. The molecule has 2 fully saturated rings. The molecule has 0 aromatic heterocycles. The molecule has 3 aliphatic rings. The van der Waals surface area contributed by atoms with E-state index in [1.54, 1.807) is 7.05 Å². The van der Waals surface area contributed by atoms with Crippen molar-refractivity contribution < 1.29 is 18.0 Å². The standard InChI is InChI=1S/C27H32F3N3O/c1-32(21-12-8-19(9-13-21)27(28,29)30)26(34)31-20-10-6-18(7-11-20)16-17-33-24-14-15-25(33)23-5-3-2-4-22(23)24/h2-5,8-9,12-13,18,20,24-25H,6-7,10-11,14-17H2,1H3,(H,31,34). The third kappa shape index (κ3) is 4.54. The number of anilines is 1. The number of alkyl halides is 3. The minimum absolute atomic E-state index is 0.118. The topological polar surface area (TPSA) is 35.6 Å². The molecule has 4 nitrogen and oxygen atoms in total. The molecule has 0 spiro atoms. The van der Waals surface area contributed by atoms with Crippen molar-refractivity contribution in [3.63, 3.8) is 0 Å². The minimum atomic E-state index is -4.38. The summed E-state index contributed by atoms with van der Waals surface area (Å²) in [6.07, 6.45) is 3.47. The monoisotopic (exact) mass is 471 g/mol. The van der Waals surface area contributed by atoms with Gasteiger partial charge in [0, 0.05) is 30.9 Å². The highest BCUT2D eigenvalue weighted by atomic mass is 19.4. The molecule has 2 aliphatic heterocycles. The van der Waals surface area contributed by atoms with Gasteiger partial charge in [0.25, 0.3) is 0 Å². The fourth-order valence-electron chi connectivity index (χ4n) is 6.15. The van der Waals surface area contributed by atoms with E-state index in [-0.39, 0.29) is 12.1 Å². The smallest absolute Gasteiger partial charge is 0.335 e. The van der Waals surface area contributed by atoms with E-state index in [4.69, 9.17) is 0 Å². The van der Waals surface area contributed by atoms with Gasteiger partial charge in [-0.1, -0.05) is 24.3 Å². The second-order valence-corrected chi connectivity index (χ2v) is 10.0. The third-order valence-electron chi connectivity index (χ3n) is 8.08. The average Bonchev–Trinajstić information content (AvgIpc) is 3.39. The lowest BCUT2D eigenvalue weighted by atomic mass is 9.84. The molecule has 182 valence electrons. The van der Waals surface area contributed by atoms with Crippen molar-refractivity contribution in [2.24, 2.45) is 5.92 Å². The van der Waals surface area contributed by atoms with Crippen LogP contribution in [0.4, 0.5) is 23.7 Å². The van der Waals surface area contributed by atoms with Gasteiger partial charge in [-0.25, -0.2) is 4.79 Å². The molecular formula is C27H32F3N3O. The van der Waals surface area contributed by atoms with Crippen LogP contribution in [0.5, 0.6) is 0 Å². The van der Waals surface area contributed by atoms with E-state index < -0.39 is 11.7 Å². The number of rotatable bonds is 5. The predicted octanol–water partition coefficient (Wildman–Crippen LogP) is 6.69. The van der Waals surface area contributed by atoms with Crippen molar-refractivity contribution in [2.75, 3.05) is 18.5 Å². The number of amides is 2. The Bertz CT molecular complexity index is 984. The second kappa shape index (κ2) is 9.25. The largest absolute Gasteiger partial charge is 0.416 e. The molecule has 1 N–H and O–H groups in total. The second-order valence-electron chi connectivity index (χ2n) is 10.0. The lowest BCUT2D eigenvalue weighted by molar-refractivity contribution is -0.137. The molecule has 34 heavy (non-hydrogen) atoms. The van der Waals surface area contributed by atoms with E-state index in [9.17, 15) is 18.0 Å². The van der Waals surface area contributed by atoms with Gasteiger partial charge in [-0.2, -0.15) is 13.2 Å². The maximum Gasteiger partial charge on any atom is 0.416 e. The van der Waals surface area contributed by atoms with Crippen LogP contribution in [0.15, 0.2) is 48.5 Å². The first-order chi connectivity index (χ1) is 16.3. The van der Waals surface area contributed by atoms with Gasteiger partial charge >= 0.3 is 12.2 Å². The molecule has 2 bridgehead atoms. The van der Waals surface area contributed by atoms with Crippen molar-refractivity contribution in [3.05, 3.63) is 65.2 Å². The summed E-state index contributed by atoms with van der Waals surface area (Å²) in [6.45, 7) is 1.14. The molecule has 1 saturated heterocycles. The number of benzene rings is 2. The summed E-state index contributed by atoms with van der Waals surface area (Å²) in [4.78, 5) is 16.7. The van der Waals surface area contributed by atoms with Gasteiger partial charge in [-0.15, -0.1) is 0 Å². The number of carbonyl (C=O) groups is 1. The summed E-state index contributed by atoms with van der Waals surface area (Å²) < 4.78 is 38.3. The van der Waals surface area contributed by atoms with Crippen molar-refractivity contribution in [1.29, 1.82) is 0 Å². The molecule has 2 atom stereocenters. The predicted molar refractivity (Wildman–Crippen MR) is 127 cm³/mol. The van der Waals surface area contributed by atoms with Gasteiger partial charge in [0.05, 0.1) is 5.56 Å². The maximum atomic E-state index is 12.8. The van der Waals surface area contributed by atoms with Crippen LogP contribution in [0.2, 0.25) is 0 Å². The first-order valence-electron chi connectivity index (χ1n) is 12.4. The molecular weight excluding hydrogens is 439 g/mol. The van der Waals surface area contributed by atoms with Crippen LogP contribution in [0, 0.1) is 5.92 Å². The number of nitrogens with one attached hydrogen (secondary N) is 1. The Balaban J connectivity index is 1.07. The molecule has 2 aromatic carbocycles. The van der Waals surface area contributed by atoms with Gasteiger partial charge in [0.2, 0.25) is 0 Å². The summed E-state index contributed by atoms with van der Waals surface area (Å²) in [5, 5.41) is 3.07. The zero-order valence-electron chi connectivity index (χ0n) is 19.5. The number of nitrogens with zero attached hydrogens (tertiary/aromatic N) is 2. The van der Waals surface area contributed by atoms with Crippen LogP contribution in [-0.4, -0.2) is 30.6 Å². The normalized spacial score (nSPS) is 26.4. The first kappa shape index (κ1) is 23.2. The lowest BCUT2D eigenvalue weighted by Gasteiger charge is -2.32. The Morgan fingerprint density at radius 1 is 0.941 bits per heavy atom. The first-order valence-corrected chi connectivity index (χ1v) is 12.4. The molecule has 7 heteroatoms. The molecule has 2 heterocycles. The SMILES string of the molecule is CN(C(=O)NC1CCC(CCN2C3CCC2c2ccccc23)CC1)c1ccc(C(F)(F)F)cc1. The van der Waals surface area contributed by atoms with Crippen LogP contribution >= 0.6 is 0 Å². The Labute approximate surface area is 199 Å².